The van der Waals surface area contributed by atoms with Crippen LogP contribution in [-0.2, 0) is 18.4 Å². The number of nitrogens with one attached hydrogen (secondary N) is 1. The highest BCUT2D eigenvalue weighted by Gasteiger charge is 2.23. The zero-order valence-electron chi connectivity index (χ0n) is 37.8. The molecule has 0 rings (SSSR count). The second kappa shape index (κ2) is 39.9. The number of phosphoric acid groups is 1. The van der Waals surface area contributed by atoms with Crippen molar-refractivity contribution in [2.24, 2.45) is 0 Å². The maximum Gasteiger partial charge on any atom is 0.268 e. The van der Waals surface area contributed by atoms with Gasteiger partial charge in [-0.2, -0.15) is 0 Å². The van der Waals surface area contributed by atoms with E-state index in [4.69, 9.17) is 9.05 Å². The Morgan fingerprint density at radius 3 is 1.42 bits per heavy atom. The average molecular weight is 823 g/mol. The Hall–Kier alpha value is -1.54. The van der Waals surface area contributed by atoms with Crippen LogP contribution in [0.4, 0.5) is 0 Å². The molecule has 0 aliphatic rings. The number of carbonyl (C=O) groups excluding carboxylic acids is 1. The van der Waals surface area contributed by atoms with Crippen molar-refractivity contribution >= 4 is 13.7 Å². The van der Waals surface area contributed by atoms with Gasteiger partial charge in [-0.15, -0.1) is 0 Å². The van der Waals surface area contributed by atoms with Gasteiger partial charge in [0.1, 0.15) is 13.2 Å². The van der Waals surface area contributed by atoms with Crippen LogP contribution in [0.25, 0.3) is 0 Å². The van der Waals surface area contributed by atoms with Gasteiger partial charge in [-0.05, 0) is 70.6 Å². The van der Waals surface area contributed by atoms with E-state index in [1.165, 1.54) is 116 Å². The Kier molecular flexibility index (Phi) is 38.8. The fourth-order valence-corrected chi connectivity index (χ4v) is 7.19. The molecule has 0 heterocycles. The van der Waals surface area contributed by atoms with Crippen molar-refractivity contribution < 1.29 is 32.9 Å². The number of unbranched alkanes of at least 4 members (excludes halogenated alkanes) is 23. The lowest BCUT2D eigenvalue weighted by molar-refractivity contribution is -0.870. The first-order valence-electron chi connectivity index (χ1n) is 23.5. The van der Waals surface area contributed by atoms with E-state index in [1.54, 1.807) is 6.08 Å². The Balaban J connectivity index is 4.47. The third-order valence-corrected chi connectivity index (χ3v) is 11.2. The number of aliphatic hydroxyl groups excluding tert-OH is 1. The first-order valence-corrected chi connectivity index (χ1v) is 25.0. The smallest absolute Gasteiger partial charge is 0.268 e. The fourth-order valence-electron chi connectivity index (χ4n) is 6.47. The Morgan fingerprint density at radius 1 is 0.596 bits per heavy atom. The molecule has 57 heavy (non-hydrogen) atoms. The van der Waals surface area contributed by atoms with Crippen molar-refractivity contribution in [2.45, 2.75) is 212 Å². The molecule has 8 nitrogen and oxygen atoms in total. The van der Waals surface area contributed by atoms with E-state index < -0.39 is 26.6 Å². The molecular formula is C48H91N2O6P. The summed E-state index contributed by atoms with van der Waals surface area (Å²) in [5.41, 5.74) is 0. The molecule has 3 unspecified atom stereocenters. The summed E-state index contributed by atoms with van der Waals surface area (Å²) in [7, 11) is 1.23. The maximum atomic E-state index is 12.8. The van der Waals surface area contributed by atoms with Gasteiger partial charge in [-0.3, -0.25) is 9.36 Å². The number of hydrogen-bond acceptors (Lipinski definition) is 6. The van der Waals surface area contributed by atoms with Crippen molar-refractivity contribution in [3.63, 3.8) is 0 Å². The first kappa shape index (κ1) is 55.5. The molecule has 0 bridgehead atoms. The lowest BCUT2D eigenvalue weighted by Crippen LogP contribution is -2.45. The molecule has 0 aromatic heterocycles. The SMILES string of the molecule is CCCCCCC/C=C\CCCCCCCC(=O)NC(COP(=O)([O-])OCC[N+](C)(C)C)C(O)/C=C/CC/C=C/CC/C=C/CCCCCCCCCCCCC. The third-order valence-electron chi connectivity index (χ3n) is 10.2. The predicted molar refractivity (Wildman–Crippen MR) is 242 cm³/mol. The highest BCUT2D eigenvalue weighted by Crippen LogP contribution is 2.38. The number of amides is 1. The number of rotatable bonds is 42. The second-order valence-corrected chi connectivity index (χ2v) is 18.5. The number of phosphoric ester groups is 1. The monoisotopic (exact) mass is 823 g/mol. The molecule has 0 spiro atoms. The van der Waals surface area contributed by atoms with E-state index in [-0.39, 0.29) is 12.5 Å². The summed E-state index contributed by atoms with van der Waals surface area (Å²) in [4.78, 5) is 25.3. The Bertz CT molecular complexity index is 1070. The van der Waals surface area contributed by atoms with Crippen molar-refractivity contribution in [1.29, 1.82) is 0 Å². The highest BCUT2D eigenvalue weighted by atomic mass is 31.2. The molecule has 0 aliphatic heterocycles. The molecule has 0 radical (unpaired) electrons. The molecule has 1 amide bonds. The van der Waals surface area contributed by atoms with Crippen LogP contribution in [0.1, 0.15) is 200 Å². The summed E-state index contributed by atoms with van der Waals surface area (Å²) >= 11 is 0. The van der Waals surface area contributed by atoms with Gasteiger partial charge < -0.3 is 28.8 Å². The van der Waals surface area contributed by atoms with Crippen LogP contribution in [-0.4, -0.2) is 68.5 Å². The van der Waals surface area contributed by atoms with Gasteiger partial charge in [0.2, 0.25) is 5.91 Å². The Morgan fingerprint density at radius 2 is 0.982 bits per heavy atom. The number of nitrogens with zero attached hydrogens (tertiary/aromatic N) is 1. The minimum Gasteiger partial charge on any atom is -0.756 e. The van der Waals surface area contributed by atoms with Gasteiger partial charge in [0.25, 0.3) is 7.82 Å². The normalized spacial score (nSPS) is 14.7. The quantitative estimate of drug-likeness (QED) is 0.0275. The number of likely N-dealkylation sites (N-methyl/N-ethyl adjacent to an activating group) is 1. The molecule has 0 aromatic carbocycles. The number of allylic oxidation sites excluding steroid dienone is 7. The molecule has 0 aliphatic carbocycles. The van der Waals surface area contributed by atoms with Crippen molar-refractivity contribution in [3.05, 3.63) is 48.6 Å². The molecule has 3 atom stereocenters. The zero-order chi connectivity index (χ0) is 42.1. The summed E-state index contributed by atoms with van der Waals surface area (Å²) in [6, 6.07) is -0.913. The van der Waals surface area contributed by atoms with Crippen LogP contribution in [0, 0.1) is 0 Å². The number of carbonyl (C=O) groups is 1. The third kappa shape index (κ3) is 42.4. The first-order chi connectivity index (χ1) is 27.5. The molecule has 0 saturated carbocycles. The van der Waals surface area contributed by atoms with E-state index in [0.717, 1.165) is 64.2 Å². The second-order valence-electron chi connectivity index (χ2n) is 17.1. The maximum absolute atomic E-state index is 12.8. The largest absolute Gasteiger partial charge is 0.756 e. The van der Waals surface area contributed by atoms with Crippen LogP contribution in [0.15, 0.2) is 48.6 Å². The van der Waals surface area contributed by atoms with Crippen LogP contribution in [0.5, 0.6) is 0 Å². The average Bonchev–Trinajstić information content (AvgIpc) is 3.16. The van der Waals surface area contributed by atoms with E-state index in [2.05, 4.69) is 55.6 Å². The van der Waals surface area contributed by atoms with Crippen LogP contribution >= 0.6 is 7.82 Å². The van der Waals surface area contributed by atoms with Crippen LogP contribution in [0.3, 0.4) is 0 Å². The number of quaternary nitrogens is 1. The number of aliphatic hydroxyl groups is 1. The van der Waals surface area contributed by atoms with Gasteiger partial charge in [-0.25, -0.2) is 0 Å². The summed E-state index contributed by atoms with van der Waals surface area (Å²) in [5.74, 6) is -0.222. The molecule has 334 valence electrons. The van der Waals surface area contributed by atoms with Gasteiger partial charge in [0, 0.05) is 6.42 Å². The Labute approximate surface area is 352 Å². The van der Waals surface area contributed by atoms with E-state index in [1.807, 2.05) is 27.2 Å². The van der Waals surface area contributed by atoms with E-state index in [9.17, 15) is 19.4 Å². The minimum atomic E-state index is -4.60. The standard InChI is InChI=1S/C48H91N2O6P/c1-6-8-10-12-14-16-18-20-22-23-24-25-26-27-28-29-31-33-35-37-39-41-47(51)46(45-56-57(53,54)55-44-43-50(3,4)5)49-48(52)42-40-38-36-34-32-30-21-19-17-15-13-11-9-7-2/h19,21,26-27,31,33,39,41,46-47,51H,6-18,20,22-25,28-30,32,34-38,40,42-45H2,1-5H3,(H-,49,52,53,54)/b21-19-,27-26+,33-31+,41-39+. The molecule has 0 fully saturated rings. The minimum absolute atomic E-state index is 0.0115. The summed E-state index contributed by atoms with van der Waals surface area (Å²) in [5, 5.41) is 13.8. The summed E-state index contributed by atoms with van der Waals surface area (Å²) in [6.45, 7) is 4.59. The molecule has 9 heteroatoms. The molecule has 0 saturated heterocycles. The van der Waals surface area contributed by atoms with E-state index >= 15 is 0 Å². The predicted octanol–water partition coefficient (Wildman–Crippen LogP) is 12.6. The van der Waals surface area contributed by atoms with Crippen molar-refractivity contribution in [1.82, 2.24) is 5.32 Å². The van der Waals surface area contributed by atoms with Crippen molar-refractivity contribution in [3.8, 4) is 0 Å². The van der Waals surface area contributed by atoms with Gasteiger partial charge in [0.15, 0.2) is 0 Å². The lowest BCUT2D eigenvalue weighted by Gasteiger charge is -2.29. The van der Waals surface area contributed by atoms with Gasteiger partial charge >= 0.3 is 0 Å². The number of hydrogen-bond donors (Lipinski definition) is 2. The molecular weight excluding hydrogens is 732 g/mol. The van der Waals surface area contributed by atoms with Gasteiger partial charge in [-0.1, -0.05) is 172 Å². The molecule has 2 N–H and O–H groups in total. The van der Waals surface area contributed by atoms with Crippen LogP contribution < -0.4 is 10.2 Å². The fraction of sp³-hybridized carbons (Fsp3) is 0.812. The highest BCUT2D eigenvalue weighted by molar-refractivity contribution is 7.45. The molecule has 0 aromatic rings. The van der Waals surface area contributed by atoms with Crippen LogP contribution in [0.2, 0.25) is 0 Å². The van der Waals surface area contributed by atoms with Gasteiger partial charge in [0.05, 0.1) is 39.9 Å². The van der Waals surface area contributed by atoms with Crippen molar-refractivity contribution in [2.75, 3.05) is 40.9 Å². The summed E-state index contributed by atoms with van der Waals surface area (Å²) < 4.78 is 23.2. The summed E-state index contributed by atoms with van der Waals surface area (Å²) in [6.07, 6.45) is 50.2. The lowest BCUT2D eigenvalue weighted by atomic mass is 10.1. The zero-order valence-corrected chi connectivity index (χ0v) is 38.7. The van der Waals surface area contributed by atoms with E-state index in [0.29, 0.717) is 17.4 Å². The topological polar surface area (TPSA) is 108 Å².